The van der Waals surface area contributed by atoms with Gasteiger partial charge in [0.05, 0.1) is 13.2 Å². The monoisotopic (exact) mass is 424 g/mol. The maximum atomic E-state index is 12.7. The highest BCUT2D eigenvalue weighted by atomic mass is 16.6. The summed E-state index contributed by atoms with van der Waals surface area (Å²) in [6, 6.07) is 16.3. The van der Waals surface area contributed by atoms with Crippen LogP contribution in [0.5, 0.6) is 0 Å². The normalized spacial score (nSPS) is 15.9. The topological polar surface area (TPSA) is 79.3 Å². The zero-order valence-electron chi connectivity index (χ0n) is 17.5. The van der Waals surface area contributed by atoms with Crippen molar-refractivity contribution in [3.05, 3.63) is 59.7 Å². The van der Waals surface area contributed by atoms with Crippen LogP contribution >= 0.6 is 0 Å². The predicted molar refractivity (Wildman–Crippen MR) is 116 cm³/mol. The van der Waals surface area contributed by atoms with E-state index >= 15 is 0 Å². The number of amides is 1. The second-order valence-electron chi connectivity index (χ2n) is 7.93. The fourth-order valence-corrected chi connectivity index (χ4v) is 4.39. The first-order valence-electron chi connectivity index (χ1n) is 10.8. The van der Waals surface area contributed by atoms with Gasteiger partial charge in [0.2, 0.25) is 0 Å². The third-order valence-electron chi connectivity index (χ3n) is 5.93. The van der Waals surface area contributed by atoms with E-state index in [-0.39, 0.29) is 19.1 Å². The molecule has 0 radical (unpaired) electrons. The molecular weight excluding hydrogens is 396 g/mol. The number of rotatable bonds is 8. The van der Waals surface area contributed by atoms with E-state index in [1.807, 2.05) is 24.3 Å². The minimum absolute atomic E-state index is 0.0450. The second-order valence-corrected chi connectivity index (χ2v) is 7.93. The van der Waals surface area contributed by atoms with Gasteiger partial charge in [0.25, 0.3) is 0 Å². The van der Waals surface area contributed by atoms with Gasteiger partial charge in [0.1, 0.15) is 13.2 Å². The Kier molecular flexibility index (Phi) is 6.84. The van der Waals surface area contributed by atoms with Crippen LogP contribution in [0.1, 0.15) is 23.5 Å². The minimum Gasteiger partial charge on any atom is -0.480 e. The summed E-state index contributed by atoms with van der Waals surface area (Å²) >= 11 is 0. The molecule has 1 aliphatic heterocycles. The Labute approximate surface area is 182 Å². The van der Waals surface area contributed by atoms with E-state index in [1.54, 1.807) is 0 Å². The zero-order chi connectivity index (χ0) is 21.6. The van der Waals surface area contributed by atoms with Gasteiger partial charge in [0, 0.05) is 32.1 Å². The number of hydrogen-bond acceptors (Lipinski definition) is 5. The largest absolute Gasteiger partial charge is 0.480 e. The lowest BCUT2D eigenvalue weighted by molar-refractivity contribution is -0.138. The molecule has 0 aromatic heterocycles. The number of morpholine rings is 1. The van der Waals surface area contributed by atoms with Gasteiger partial charge in [-0.3, -0.25) is 14.6 Å². The van der Waals surface area contributed by atoms with Gasteiger partial charge >= 0.3 is 12.1 Å². The fourth-order valence-electron chi connectivity index (χ4n) is 4.39. The van der Waals surface area contributed by atoms with Gasteiger partial charge in [-0.1, -0.05) is 48.5 Å². The molecule has 1 N–H and O–H groups in total. The molecule has 0 spiro atoms. The Morgan fingerprint density at radius 1 is 1.03 bits per heavy atom. The van der Waals surface area contributed by atoms with Crippen LogP contribution in [-0.2, 0) is 14.3 Å². The highest BCUT2D eigenvalue weighted by Crippen LogP contribution is 2.44. The molecule has 0 atom stereocenters. The van der Waals surface area contributed by atoms with Crippen molar-refractivity contribution in [3.8, 4) is 11.1 Å². The fraction of sp³-hybridized carbons (Fsp3) is 0.417. The number of carbonyl (C=O) groups excluding carboxylic acids is 1. The summed E-state index contributed by atoms with van der Waals surface area (Å²) in [4.78, 5) is 27.6. The lowest BCUT2D eigenvalue weighted by Crippen LogP contribution is -2.41. The molecule has 0 unspecified atom stereocenters. The second kappa shape index (κ2) is 9.94. The van der Waals surface area contributed by atoms with Crippen LogP contribution in [0, 0.1) is 0 Å². The summed E-state index contributed by atoms with van der Waals surface area (Å²) < 4.78 is 11.0. The molecular formula is C24H28N2O5. The quantitative estimate of drug-likeness (QED) is 0.702. The Hall–Kier alpha value is -2.90. The minimum atomic E-state index is -1.04. The van der Waals surface area contributed by atoms with Crippen LogP contribution in [0.4, 0.5) is 4.79 Å². The molecule has 2 aromatic carbocycles. The van der Waals surface area contributed by atoms with Crippen LogP contribution in [0.2, 0.25) is 0 Å². The molecule has 0 saturated carbocycles. The third-order valence-corrected chi connectivity index (χ3v) is 5.93. The van der Waals surface area contributed by atoms with E-state index in [0.29, 0.717) is 26.2 Å². The maximum absolute atomic E-state index is 12.7. The van der Waals surface area contributed by atoms with E-state index < -0.39 is 12.1 Å². The average molecular weight is 424 g/mol. The molecule has 0 bridgehead atoms. The average Bonchev–Trinajstić information content (AvgIpc) is 3.11. The van der Waals surface area contributed by atoms with Crippen LogP contribution in [-0.4, -0.2) is 79.5 Å². The molecule has 4 rings (SSSR count). The van der Waals surface area contributed by atoms with Crippen molar-refractivity contribution in [3.63, 3.8) is 0 Å². The smallest absolute Gasteiger partial charge is 0.410 e. The van der Waals surface area contributed by atoms with Crippen molar-refractivity contribution in [2.24, 2.45) is 0 Å². The summed E-state index contributed by atoms with van der Waals surface area (Å²) in [5, 5.41) is 9.24. The molecule has 1 amide bonds. The lowest BCUT2D eigenvalue weighted by atomic mass is 9.98. The van der Waals surface area contributed by atoms with E-state index in [4.69, 9.17) is 9.47 Å². The molecule has 1 aliphatic carbocycles. The Morgan fingerprint density at radius 3 is 2.26 bits per heavy atom. The molecule has 2 aromatic rings. The van der Waals surface area contributed by atoms with Gasteiger partial charge in [-0.25, -0.2) is 4.79 Å². The molecule has 164 valence electrons. The lowest BCUT2D eigenvalue weighted by Gasteiger charge is -2.28. The van der Waals surface area contributed by atoms with Crippen molar-refractivity contribution in [1.82, 2.24) is 9.80 Å². The Morgan fingerprint density at radius 2 is 1.65 bits per heavy atom. The summed E-state index contributed by atoms with van der Waals surface area (Å²) in [6.07, 6.45) is 0.114. The summed E-state index contributed by atoms with van der Waals surface area (Å²) in [7, 11) is 0. The number of ether oxygens (including phenoxy) is 2. The molecule has 7 nitrogen and oxygen atoms in total. The van der Waals surface area contributed by atoms with Crippen LogP contribution in [0.15, 0.2) is 48.5 Å². The van der Waals surface area contributed by atoms with Crippen molar-refractivity contribution in [2.75, 3.05) is 52.5 Å². The summed E-state index contributed by atoms with van der Waals surface area (Å²) in [5.41, 5.74) is 4.58. The molecule has 7 heteroatoms. The van der Waals surface area contributed by atoms with Crippen LogP contribution < -0.4 is 0 Å². The number of carbonyl (C=O) groups is 2. The molecule has 31 heavy (non-hydrogen) atoms. The van der Waals surface area contributed by atoms with Gasteiger partial charge < -0.3 is 14.6 Å². The number of hydrogen-bond donors (Lipinski definition) is 1. The number of fused-ring (bicyclic) bond motifs is 3. The Balaban J connectivity index is 1.37. The van der Waals surface area contributed by atoms with Gasteiger partial charge in [-0.05, 0) is 28.7 Å². The summed E-state index contributed by atoms with van der Waals surface area (Å²) in [5.74, 6) is -1.09. The maximum Gasteiger partial charge on any atom is 0.410 e. The van der Waals surface area contributed by atoms with Gasteiger partial charge in [-0.2, -0.15) is 0 Å². The first kappa shape index (κ1) is 21.3. The standard InChI is InChI=1S/C24H28N2O5/c27-23(28)16-26(11-5-10-25-12-14-30-15-13-25)24(29)31-17-22-20-8-3-1-6-18(20)19-7-2-4-9-21(19)22/h1-4,6-9,22H,5,10-17H2,(H,27,28). The molecule has 1 fully saturated rings. The van der Waals surface area contributed by atoms with E-state index in [9.17, 15) is 14.7 Å². The number of carboxylic acids is 1. The molecule has 2 aliphatic rings. The first-order valence-corrected chi connectivity index (χ1v) is 10.8. The molecule has 1 saturated heterocycles. The van der Waals surface area contributed by atoms with Gasteiger partial charge in [0.15, 0.2) is 0 Å². The van der Waals surface area contributed by atoms with E-state index in [2.05, 4.69) is 29.2 Å². The SMILES string of the molecule is O=C(O)CN(CCCN1CCOCC1)C(=O)OCC1c2ccccc2-c2ccccc21. The van der Waals surface area contributed by atoms with E-state index in [0.717, 1.165) is 41.9 Å². The number of nitrogens with zero attached hydrogens (tertiary/aromatic N) is 2. The van der Waals surface area contributed by atoms with E-state index in [1.165, 1.54) is 4.90 Å². The number of carboxylic acid groups (broad SMARTS) is 1. The van der Waals surface area contributed by atoms with Crippen molar-refractivity contribution < 1.29 is 24.2 Å². The van der Waals surface area contributed by atoms with Crippen molar-refractivity contribution in [1.29, 1.82) is 0 Å². The predicted octanol–water partition coefficient (Wildman–Crippen LogP) is 3.04. The zero-order valence-corrected chi connectivity index (χ0v) is 17.5. The summed E-state index contributed by atoms with van der Waals surface area (Å²) in [6.45, 7) is 4.13. The van der Waals surface area contributed by atoms with Crippen LogP contribution in [0.3, 0.4) is 0 Å². The Bertz CT molecular complexity index is 880. The highest BCUT2D eigenvalue weighted by Gasteiger charge is 2.30. The first-order chi connectivity index (χ1) is 15.1. The van der Waals surface area contributed by atoms with Crippen molar-refractivity contribution >= 4 is 12.1 Å². The number of benzene rings is 2. The third kappa shape index (κ3) is 5.06. The van der Waals surface area contributed by atoms with Gasteiger partial charge in [-0.15, -0.1) is 0 Å². The van der Waals surface area contributed by atoms with Crippen LogP contribution in [0.25, 0.3) is 11.1 Å². The molecule has 1 heterocycles. The van der Waals surface area contributed by atoms with Crippen molar-refractivity contribution in [2.45, 2.75) is 12.3 Å². The number of aliphatic carboxylic acids is 1. The highest BCUT2D eigenvalue weighted by molar-refractivity contribution is 5.79.